The molecule has 4 nitrogen and oxygen atoms in total. The van der Waals surface area contributed by atoms with Gasteiger partial charge in [0.15, 0.2) is 0 Å². The van der Waals surface area contributed by atoms with E-state index >= 15 is 0 Å². The smallest absolute Gasteiger partial charge is 0.0705 e. The summed E-state index contributed by atoms with van der Waals surface area (Å²) >= 11 is 0. The van der Waals surface area contributed by atoms with E-state index in [1.165, 1.54) is 10.9 Å². The predicted octanol–water partition coefficient (Wildman–Crippen LogP) is 2.86. The quantitative estimate of drug-likeness (QED) is 0.781. The van der Waals surface area contributed by atoms with Gasteiger partial charge in [-0.25, -0.2) is 0 Å². The van der Waals surface area contributed by atoms with Gasteiger partial charge in [0.25, 0.3) is 0 Å². The molecule has 0 fully saturated rings. The van der Waals surface area contributed by atoms with E-state index in [4.69, 9.17) is 0 Å². The molecule has 1 N–H and O–H groups in total. The monoisotopic (exact) mass is 280 g/mol. The molecule has 1 unspecified atom stereocenters. The summed E-state index contributed by atoms with van der Waals surface area (Å²) in [6, 6.07) is 12.7. The maximum atomic E-state index is 4.50. The SMILES string of the molecule is CCNC(Cc1ccn(C)n1)c1ccnc2ccccc12. The molecule has 0 radical (unpaired) electrons. The number of hydrogen-bond acceptors (Lipinski definition) is 3. The number of rotatable bonds is 5. The van der Waals surface area contributed by atoms with Crippen molar-refractivity contribution in [3.63, 3.8) is 0 Å². The summed E-state index contributed by atoms with van der Waals surface area (Å²) in [4.78, 5) is 4.45. The number of benzene rings is 1. The number of nitrogens with zero attached hydrogens (tertiary/aromatic N) is 3. The van der Waals surface area contributed by atoms with Gasteiger partial charge in [-0.05, 0) is 30.3 Å². The number of nitrogens with one attached hydrogen (secondary N) is 1. The molecule has 1 atom stereocenters. The Morgan fingerprint density at radius 2 is 2.05 bits per heavy atom. The van der Waals surface area contributed by atoms with Gasteiger partial charge in [-0.15, -0.1) is 0 Å². The minimum absolute atomic E-state index is 0.248. The van der Waals surface area contributed by atoms with Crippen LogP contribution in [0.5, 0.6) is 0 Å². The van der Waals surface area contributed by atoms with Gasteiger partial charge in [-0.3, -0.25) is 9.67 Å². The van der Waals surface area contributed by atoms with Gasteiger partial charge >= 0.3 is 0 Å². The molecule has 3 rings (SSSR count). The van der Waals surface area contributed by atoms with Gasteiger partial charge in [0, 0.05) is 37.3 Å². The summed E-state index contributed by atoms with van der Waals surface area (Å²) in [5.41, 5.74) is 3.43. The van der Waals surface area contributed by atoms with Crippen molar-refractivity contribution in [1.29, 1.82) is 0 Å². The minimum Gasteiger partial charge on any atom is -0.310 e. The number of fused-ring (bicyclic) bond motifs is 1. The molecule has 108 valence electrons. The summed E-state index contributed by atoms with van der Waals surface area (Å²) in [5.74, 6) is 0. The zero-order valence-corrected chi connectivity index (χ0v) is 12.5. The van der Waals surface area contributed by atoms with Crippen molar-refractivity contribution >= 4 is 10.9 Å². The van der Waals surface area contributed by atoms with Crippen molar-refractivity contribution in [1.82, 2.24) is 20.1 Å². The first kappa shape index (κ1) is 13.8. The Hall–Kier alpha value is -2.20. The van der Waals surface area contributed by atoms with Crippen molar-refractivity contribution in [2.75, 3.05) is 6.54 Å². The van der Waals surface area contributed by atoms with Crippen LogP contribution in [0.25, 0.3) is 10.9 Å². The molecule has 0 saturated heterocycles. The number of pyridine rings is 1. The van der Waals surface area contributed by atoms with Gasteiger partial charge in [0.1, 0.15) is 0 Å². The van der Waals surface area contributed by atoms with E-state index in [9.17, 15) is 0 Å². The molecule has 2 aromatic heterocycles. The summed E-state index contributed by atoms with van der Waals surface area (Å²) in [5, 5.41) is 9.28. The fourth-order valence-corrected chi connectivity index (χ4v) is 2.74. The highest BCUT2D eigenvalue weighted by Crippen LogP contribution is 2.25. The highest BCUT2D eigenvalue weighted by molar-refractivity contribution is 5.82. The molecular formula is C17H20N4. The molecule has 0 saturated carbocycles. The number of aromatic nitrogens is 3. The van der Waals surface area contributed by atoms with Crippen molar-refractivity contribution in [2.45, 2.75) is 19.4 Å². The second-order valence-electron chi connectivity index (χ2n) is 5.21. The highest BCUT2D eigenvalue weighted by Gasteiger charge is 2.15. The lowest BCUT2D eigenvalue weighted by Gasteiger charge is -2.19. The van der Waals surface area contributed by atoms with Crippen LogP contribution in [0.3, 0.4) is 0 Å². The Balaban J connectivity index is 1.98. The van der Waals surface area contributed by atoms with Crippen LogP contribution < -0.4 is 5.32 Å². The molecule has 0 aliphatic rings. The first-order chi connectivity index (χ1) is 10.3. The van der Waals surface area contributed by atoms with Gasteiger partial charge in [-0.1, -0.05) is 25.1 Å². The second kappa shape index (κ2) is 6.06. The molecule has 1 aromatic carbocycles. The van der Waals surface area contributed by atoms with Crippen LogP contribution in [0.2, 0.25) is 0 Å². The lowest BCUT2D eigenvalue weighted by atomic mass is 9.98. The fraction of sp³-hybridized carbons (Fsp3) is 0.294. The zero-order chi connectivity index (χ0) is 14.7. The van der Waals surface area contributed by atoms with Crippen LogP contribution in [0.4, 0.5) is 0 Å². The third-order valence-electron chi connectivity index (χ3n) is 3.69. The van der Waals surface area contributed by atoms with Crippen LogP contribution in [0.1, 0.15) is 24.2 Å². The van der Waals surface area contributed by atoms with Gasteiger partial charge < -0.3 is 5.32 Å². The first-order valence-electron chi connectivity index (χ1n) is 7.33. The Morgan fingerprint density at radius 1 is 1.19 bits per heavy atom. The van der Waals surface area contributed by atoms with Crippen molar-refractivity contribution < 1.29 is 0 Å². The van der Waals surface area contributed by atoms with Crippen LogP contribution in [0.15, 0.2) is 48.8 Å². The zero-order valence-electron chi connectivity index (χ0n) is 12.5. The predicted molar refractivity (Wildman–Crippen MR) is 85.1 cm³/mol. The number of aryl methyl sites for hydroxylation is 1. The molecule has 3 aromatic rings. The third kappa shape index (κ3) is 2.95. The summed E-state index contributed by atoms with van der Waals surface area (Å²) < 4.78 is 1.85. The van der Waals surface area contributed by atoms with Crippen molar-refractivity contribution in [2.24, 2.45) is 7.05 Å². The van der Waals surface area contributed by atoms with E-state index in [1.54, 1.807) is 0 Å². The van der Waals surface area contributed by atoms with E-state index in [2.05, 4.69) is 52.7 Å². The average Bonchev–Trinajstić information content (AvgIpc) is 2.91. The largest absolute Gasteiger partial charge is 0.310 e. The fourth-order valence-electron chi connectivity index (χ4n) is 2.74. The van der Waals surface area contributed by atoms with E-state index in [-0.39, 0.29) is 6.04 Å². The average molecular weight is 280 g/mol. The van der Waals surface area contributed by atoms with Gasteiger partial charge in [0.2, 0.25) is 0 Å². The number of likely N-dealkylation sites (N-methyl/N-ethyl adjacent to an activating group) is 1. The topological polar surface area (TPSA) is 42.7 Å². The number of hydrogen-bond donors (Lipinski definition) is 1. The van der Waals surface area contributed by atoms with Crippen LogP contribution >= 0.6 is 0 Å². The lowest BCUT2D eigenvalue weighted by molar-refractivity contribution is 0.542. The summed E-state index contributed by atoms with van der Waals surface area (Å²) in [6.45, 7) is 3.06. The van der Waals surface area contributed by atoms with E-state index < -0.39 is 0 Å². The molecule has 0 amide bonds. The maximum absolute atomic E-state index is 4.50. The summed E-state index contributed by atoms with van der Waals surface area (Å²) in [6.07, 6.45) is 4.76. The van der Waals surface area contributed by atoms with E-state index in [0.29, 0.717) is 0 Å². The molecule has 21 heavy (non-hydrogen) atoms. The Labute approximate surface area is 124 Å². The minimum atomic E-state index is 0.248. The standard InChI is InChI=1S/C17H20N4/c1-3-18-17(12-13-9-11-21(2)20-13)15-8-10-19-16-7-5-4-6-14(15)16/h4-11,17-18H,3,12H2,1-2H3. The molecule has 0 bridgehead atoms. The molecule has 2 heterocycles. The molecule has 4 heteroatoms. The Bertz CT molecular complexity index is 727. The summed E-state index contributed by atoms with van der Waals surface area (Å²) in [7, 11) is 1.95. The van der Waals surface area contributed by atoms with Gasteiger partial charge in [0.05, 0.1) is 11.2 Å². The lowest BCUT2D eigenvalue weighted by Crippen LogP contribution is -2.23. The Kier molecular flexibility index (Phi) is 3.97. The third-order valence-corrected chi connectivity index (χ3v) is 3.69. The van der Waals surface area contributed by atoms with Crippen LogP contribution in [-0.4, -0.2) is 21.3 Å². The number of para-hydroxylation sites is 1. The second-order valence-corrected chi connectivity index (χ2v) is 5.21. The van der Waals surface area contributed by atoms with Gasteiger partial charge in [-0.2, -0.15) is 5.10 Å². The molecule has 0 spiro atoms. The van der Waals surface area contributed by atoms with Crippen molar-refractivity contribution in [3.05, 3.63) is 60.0 Å². The molecule has 0 aliphatic heterocycles. The van der Waals surface area contributed by atoms with E-state index in [1.807, 2.05) is 30.2 Å². The maximum Gasteiger partial charge on any atom is 0.0705 e. The normalized spacial score (nSPS) is 12.7. The Morgan fingerprint density at radius 3 is 2.81 bits per heavy atom. The first-order valence-corrected chi connectivity index (χ1v) is 7.33. The molecule has 0 aliphatic carbocycles. The molecular weight excluding hydrogens is 260 g/mol. The van der Waals surface area contributed by atoms with E-state index in [0.717, 1.165) is 24.2 Å². The van der Waals surface area contributed by atoms with Crippen molar-refractivity contribution in [3.8, 4) is 0 Å². The van der Waals surface area contributed by atoms with Crippen LogP contribution in [0, 0.1) is 0 Å². The van der Waals surface area contributed by atoms with Crippen LogP contribution in [-0.2, 0) is 13.5 Å². The highest BCUT2D eigenvalue weighted by atomic mass is 15.2.